The fourth-order valence-corrected chi connectivity index (χ4v) is 2.21. The van der Waals surface area contributed by atoms with Crippen LogP contribution in [0.2, 0.25) is 5.02 Å². The van der Waals surface area contributed by atoms with Crippen molar-refractivity contribution in [2.45, 2.75) is 13.3 Å². The Labute approximate surface area is 110 Å². The van der Waals surface area contributed by atoms with Crippen LogP contribution in [0.15, 0.2) is 24.4 Å². The van der Waals surface area contributed by atoms with Crippen molar-refractivity contribution in [1.29, 1.82) is 0 Å². The standard InChI is InChI=1S/C12H13ClN2OS/c1-3-9-7-14-12(17)15(9)10-6-8(13)4-5-11(10)16-2/h4-7H,3H2,1-2H3,(H,14,17). The van der Waals surface area contributed by atoms with Crippen molar-refractivity contribution in [3.05, 3.63) is 39.9 Å². The summed E-state index contributed by atoms with van der Waals surface area (Å²) in [5.74, 6) is 0.750. The first-order valence-electron chi connectivity index (χ1n) is 5.30. The summed E-state index contributed by atoms with van der Waals surface area (Å²) in [4.78, 5) is 3.04. The van der Waals surface area contributed by atoms with Gasteiger partial charge in [0.1, 0.15) is 5.75 Å². The van der Waals surface area contributed by atoms with Gasteiger partial charge >= 0.3 is 0 Å². The lowest BCUT2D eigenvalue weighted by atomic mass is 10.2. The van der Waals surface area contributed by atoms with E-state index in [1.165, 1.54) is 0 Å². The second-order valence-electron chi connectivity index (χ2n) is 3.59. The highest BCUT2D eigenvalue weighted by atomic mass is 35.5. The summed E-state index contributed by atoms with van der Waals surface area (Å²) in [5, 5.41) is 0.658. The van der Waals surface area contributed by atoms with Crippen LogP contribution < -0.4 is 4.74 Å². The van der Waals surface area contributed by atoms with E-state index in [-0.39, 0.29) is 0 Å². The molecule has 1 N–H and O–H groups in total. The van der Waals surface area contributed by atoms with E-state index in [1.54, 1.807) is 13.2 Å². The third kappa shape index (κ3) is 2.23. The Morgan fingerprint density at radius 2 is 2.24 bits per heavy atom. The summed E-state index contributed by atoms with van der Waals surface area (Å²) in [6.45, 7) is 2.07. The molecule has 2 aromatic rings. The largest absolute Gasteiger partial charge is 0.495 e. The lowest BCUT2D eigenvalue weighted by Crippen LogP contribution is -2.02. The fourth-order valence-electron chi connectivity index (χ4n) is 1.77. The second-order valence-corrected chi connectivity index (χ2v) is 4.41. The third-order valence-corrected chi connectivity index (χ3v) is 3.13. The SMILES string of the molecule is CCc1c[nH]c(=S)n1-c1cc(Cl)ccc1OC. The zero-order chi connectivity index (χ0) is 12.4. The van der Waals surface area contributed by atoms with Crippen LogP contribution in [0.4, 0.5) is 0 Å². The van der Waals surface area contributed by atoms with Crippen LogP contribution in [0.5, 0.6) is 5.75 Å². The number of nitrogens with zero attached hydrogens (tertiary/aromatic N) is 1. The van der Waals surface area contributed by atoms with Gasteiger partial charge in [0.05, 0.1) is 12.8 Å². The molecule has 0 radical (unpaired) electrons. The summed E-state index contributed by atoms with van der Waals surface area (Å²) in [7, 11) is 1.63. The molecule has 0 spiro atoms. The lowest BCUT2D eigenvalue weighted by molar-refractivity contribution is 0.412. The van der Waals surface area contributed by atoms with Crippen LogP contribution in [0, 0.1) is 4.77 Å². The van der Waals surface area contributed by atoms with Gasteiger partial charge in [-0.1, -0.05) is 18.5 Å². The maximum absolute atomic E-state index is 6.03. The van der Waals surface area contributed by atoms with Gasteiger partial charge in [-0.2, -0.15) is 0 Å². The number of rotatable bonds is 3. The van der Waals surface area contributed by atoms with Crippen LogP contribution in [-0.4, -0.2) is 16.7 Å². The number of H-pyrrole nitrogens is 1. The van der Waals surface area contributed by atoms with E-state index < -0.39 is 0 Å². The number of aromatic nitrogens is 2. The molecule has 5 heteroatoms. The molecule has 0 saturated heterocycles. The van der Waals surface area contributed by atoms with Crippen molar-refractivity contribution >= 4 is 23.8 Å². The number of ether oxygens (including phenoxy) is 1. The molecule has 0 bridgehead atoms. The average molecular weight is 269 g/mol. The van der Waals surface area contributed by atoms with Crippen molar-refractivity contribution in [2.24, 2.45) is 0 Å². The van der Waals surface area contributed by atoms with Gasteiger partial charge in [0.15, 0.2) is 4.77 Å². The minimum Gasteiger partial charge on any atom is -0.495 e. The molecule has 2 rings (SSSR count). The van der Waals surface area contributed by atoms with Crippen molar-refractivity contribution in [1.82, 2.24) is 9.55 Å². The van der Waals surface area contributed by atoms with Crippen molar-refractivity contribution in [2.75, 3.05) is 7.11 Å². The van der Waals surface area contributed by atoms with E-state index in [0.717, 1.165) is 23.6 Å². The van der Waals surface area contributed by atoms with E-state index in [1.807, 2.05) is 22.9 Å². The Kier molecular flexibility index (Phi) is 3.54. The molecule has 1 aromatic heterocycles. The van der Waals surface area contributed by atoms with Gasteiger partial charge in [0, 0.05) is 16.9 Å². The molecule has 0 fully saturated rings. The maximum atomic E-state index is 6.03. The smallest absolute Gasteiger partial charge is 0.182 e. The quantitative estimate of drug-likeness (QED) is 0.859. The molecule has 0 unspecified atom stereocenters. The Balaban J connectivity index is 2.70. The topological polar surface area (TPSA) is 29.9 Å². The molecular weight excluding hydrogens is 256 g/mol. The predicted molar refractivity (Wildman–Crippen MR) is 71.9 cm³/mol. The number of hydrogen-bond acceptors (Lipinski definition) is 2. The highest BCUT2D eigenvalue weighted by Gasteiger charge is 2.10. The van der Waals surface area contributed by atoms with E-state index in [0.29, 0.717) is 9.79 Å². The first-order valence-corrected chi connectivity index (χ1v) is 6.09. The molecule has 90 valence electrons. The summed E-state index contributed by atoms with van der Waals surface area (Å²) in [5.41, 5.74) is 1.96. The van der Waals surface area contributed by atoms with Gasteiger partial charge in [-0.05, 0) is 36.8 Å². The summed E-state index contributed by atoms with van der Waals surface area (Å²) in [6, 6.07) is 5.49. The molecular formula is C12H13ClN2OS. The molecule has 0 aliphatic carbocycles. The molecule has 0 atom stereocenters. The number of aromatic amines is 1. The fraction of sp³-hybridized carbons (Fsp3) is 0.250. The third-order valence-electron chi connectivity index (χ3n) is 2.60. The molecule has 17 heavy (non-hydrogen) atoms. The monoisotopic (exact) mass is 268 g/mol. The lowest BCUT2D eigenvalue weighted by Gasteiger charge is -2.12. The molecule has 1 aromatic carbocycles. The number of nitrogens with one attached hydrogen (secondary N) is 1. The van der Waals surface area contributed by atoms with Crippen LogP contribution in [0.3, 0.4) is 0 Å². The van der Waals surface area contributed by atoms with Crippen LogP contribution in [0.1, 0.15) is 12.6 Å². The van der Waals surface area contributed by atoms with Gasteiger partial charge < -0.3 is 9.72 Å². The molecule has 0 saturated carbocycles. The molecule has 0 aliphatic heterocycles. The molecule has 3 nitrogen and oxygen atoms in total. The minimum atomic E-state index is 0.641. The van der Waals surface area contributed by atoms with Crippen LogP contribution in [-0.2, 0) is 6.42 Å². The highest BCUT2D eigenvalue weighted by molar-refractivity contribution is 7.71. The van der Waals surface area contributed by atoms with E-state index >= 15 is 0 Å². The van der Waals surface area contributed by atoms with Gasteiger partial charge in [-0.3, -0.25) is 4.57 Å². The van der Waals surface area contributed by atoms with E-state index in [2.05, 4.69) is 11.9 Å². The number of benzene rings is 1. The first-order chi connectivity index (χ1) is 8.17. The Morgan fingerprint density at radius 3 is 2.88 bits per heavy atom. The van der Waals surface area contributed by atoms with Gasteiger partial charge in [0.2, 0.25) is 0 Å². The van der Waals surface area contributed by atoms with Crippen molar-refractivity contribution < 1.29 is 4.74 Å². The first kappa shape index (κ1) is 12.2. The Bertz CT molecular complexity index is 588. The molecule has 0 amide bonds. The normalized spacial score (nSPS) is 10.5. The zero-order valence-electron chi connectivity index (χ0n) is 9.66. The molecule has 0 aliphatic rings. The highest BCUT2D eigenvalue weighted by Crippen LogP contribution is 2.27. The average Bonchev–Trinajstić information content (AvgIpc) is 2.70. The van der Waals surface area contributed by atoms with E-state index in [4.69, 9.17) is 28.6 Å². The second kappa shape index (κ2) is 4.94. The summed E-state index contributed by atoms with van der Waals surface area (Å²) >= 11 is 11.3. The van der Waals surface area contributed by atoms with Crippen molar-refractivity contribution in [3.8, 4) is 11.4 Å². The predicted octanol–water partition coefficient (Wildman–Crippen LogP) is 3.76. The minimum absolute atomic E-state index is 0.641. The van der Waals surface area contributed by atoms with Crippen LogP contribution >= 0.6 is 23.8 Å². The number of hydrogen-bond donors (Lipinski definition) is 1. The Morgan fingerprint density at radius 1 is 1.47 bits per heavy atom. The zero-order valence-corrected chi connectivity index (χ0v) is 11.2. The molecule has 1 heterocycles. The maximum Gasteiger partial charge on any atom is 0.182 e. The summed E-state index contributed by atoms with van der Waals surface area (Å²) in [6.07, 6.45) is 2.78. The van der Waals surface area contributed by atoms with Gasteiger partial charge in [-0.15, -0.1) is 0 Å². The van der Waals surface area contributed by atoms with Crippen LogP contribution in [0.25, 0.3) is 5.69 Å². The summed E-state index contributed by atoms with van der Waals surface area (Å²) < 4.78 is 7.92. The number of imidazole rings is 1. The number of aryl methyl sites for hydroxylation is 1. The Hall–Kier alpha value is -1.26. The van der Waals surface area contributed by atoms with E-state index in [9.17, 15) is 0 Å². The number of halogens is 1. The van der Waals surface area contributed by atoms with Gasteiger partial charge in [-0.25, -0.2) is 0 Å². The van der Waals surface area contributed by atoms with Gasteiger partial charge in [0.25, 0.3) is 0 Å². The van der Waals surface area contributed by atoms with Crippen molar-refractivity contribution in [3.63, 3.8) is 0 Å². The number of methoxy groups -OCH3 is 1.